The van der Waals surface area contributed by atoms with Crippen LogP contribution in [0.5, 0.6) is 11.5 Å². The van der Waals surface area contributed by atoms with Gasteiger partial charge in [-0.05, 0) is 47.5 Å². The first-order valence-electron chi connectivity index (χ1n) is 6.73. The van der Waals surface area contributed by atoms with Crippen molar-refractivity contribution in [3.05, 3.63) is 22.2 Å². The number of aromatic hydroxyl groups is 1. The van der Waals surface area contributed by atoms with Gasteiger partial charge in [0, 0.05) is 32.2 Å². The van der Waals surface area contributed by atoms with E-state index in [1.807, 2.05) is 19.1 Å². The van der Waals surface area contributed by atoms with Crippen LogP contribution in [0, 0.1) is 0 Å². The van der Waals surface area contributed by atoms with Gasteiger partial charge in [-0.15, -0.1) is 0 Å². The predicted molar refractivity (Wildman–Crippen MR) is 79.8 cm³/mol. The van der Waals surface area contributed by atoms with Crippen LogP contribution in [-0.4, -0.2) is 42.8 Å². The number of halogens is 1. The molecule has 2 rings (SSSR count). The number of hydrogen-bond acceptors (Lipinski definition) is 4. The Labute approximate surface area is 122 Å². The number of nitrogens with one attached hydrogen (secondary N) is 1. The second kappa shape index (κ2) is 6.59. The molecule has 2 N–H and O–H groups in total. The van der Waals surface area contributed by atoms with E-state index in [1.54, 1.807) is 0 Å². The second-order valence-electron chi connectivity index (χ2n) is 4.74. The summed E-state index contributed by atoms with van der Waals surface area (Å²) in [5, 5.41) is 13.3. The summed E-state index contributed by atoms with van der Waals surface area (Å²) in [6, 6.07) is 4.24. The molecule has 0 bridgehead atoms. The summed E-state index contributed by atoms with van der Waals surface area (Å²) in [4.78, 5) is 2.44. The molecule has 1 heterocycles. The minimum Gasteiger partial charge on any atom is -0.503 e. The average Bonchev–Trinajstić information content (AvgIpc) is 2.44. The third kappa shape index (κ3) is 3.41. The van der Waals surface area contributed by atoms with Gasteiger partial charge in [0.25, 0.3) is 0 Å². The molecule has 0 aromatic heterocycles. The average molecular weight is 329 g/mol. The fourth-order valence-electron chi connectivity index (χ4n) is 2.38. The van der Waals surface area contributed by atoms with E-state index in [2.05, 4.69) is 33.1 Å². The van der Waals surface area contributed by atoms with Crippen LogP contribution >= 0.6 is 15.9 Å². The van der Waals surface area contributed by atoms with Crippen LogP contribution in [-0.2, 0) is 0 Å². The molecule has 0 saturated carbocycles. The number of benzene rings is 1. The van der Waals surface area contributed by atoms with E-state index in [4.69, 9.17) is 4.74 Å². The van der Waals surface area contributed by atoms with Gasteiger partial charge >= 0.3 is 0 Å². The highest BCUT2D eigenvalue weighted by molar-refractivity contribution is 9.10. The molecule has 1 aromatic carbocycles. The highest BCUT2D eigenvalue weighted by atomic mass is 79.9. The standard InChI is InChI=1S/C14H21BrN2O2/c1-3-19-13-9-11(8-12(15)14(13)18)10(2)17-6-4-16-5-7-17/h8-10,16,18H,3-7H2,1-2H3/t10-/m0/s1. The molecule has 0 radical (unpaired) electrons. The highest BCUT2D eigenvalue weighted by Gasteiger charge is 2.20. The van der Waals surface area contributed by atoms with Crippen molar-refractivity contribution in [2.45, 2.75) is 19.9 Å². The molecule has 106 valence electrons. The van der Waals surface area contributed by atoms with Crippen LogP contribution in [0.1, 0.15) is 25.5 Å². The van der Waals surface area contributed by atoms with Gasteiger partial charge in [-0.25, -0.2) is 0 Å². The molecule has 0 unspecified atom stereocenters. The Balaban J connectivity index is 2.23. The van der Waals surface area contributed by atoms with E-state index in [0.29, 0.717) is 22.9 Å². The zero-order valence-electron chi connectivity index (χ0n) is 11.4. The smallest absolute Gasteiger partial charge is 0.172 e. The summed E-state index contributed by atoms with van der Waals surface area (Å²) in [6.07, 6.45) is 0. The van der Waals surface area contributed by atoms with Crippen LogP contribution < -0.4 is 10.1 Å². The molecule has 1 fully saturated rings. The Bertz CT molecular complexity index is 434. The van der Waals surface area contributed by atoms with Crippen molar-refractivity contribution in [1.29, 1.82) is 0 Å². The first-order chi connectivity index (χ1) is 9.13. The summed E-state index contributed by atoms with van der Waals surface area (Å²) in [5.74, 6) is 0.729. The molecule has 19 heavy (non-hydrogen) atoms. The lowest BCUT2D eigenvalue weighted by molar-refractivity contribution is 0.185. The lowest BCUT2D eigenvalue weighted by Gasteiger charge is -2.33. The molecule has 1 atom stereocenters. The Hall–Kier alpha value is -0.780. The molecule has 0 spiro atoms. The summed E-state index contributed by atoms with van der Waals surface area (Å²) in [5.41, 5.74) is 1.16. The lowest BCUT2D eigenvalue weighted by Crippen LogP contribution is -2.44. The van der Waals surface area contributed by atoms with Crippen molar-refractivity contribution < 1.29 is 9.84 Å². The van der Waals surface area contributed by atoms with Gasteiger partial charge in [-0.1, -0.05) is 0 Å². The molecule has 1 aromatic rings. The Morgan fingerprint density at radius 3 is 2.74 bits per heavy atom. The first kappa shape index (κ1) is 14.6. The number of ether oxygens (including phenoxy) is 1. The van der Waals surface area contributed by atoms with E-state index in [9.17, 15) is 5.11 Å². The molecular formula is C14H21BrN2O2. The van der Waals surface area contributed by atoms with Gasteiger partial charge in [-0.2, -0.15) is 0 Å². The van der Waals surface area contributed by atoms with Gasteiger partial charge in [0.1, 0.15) is 0 Å². The van der Waals surface area contributed by atoms with Gasteiger partial charge < -0.3 is 15.2 Å². The van der Waals surface area contributed by atoms with Gasteiger partial charge in [-0.3, -0.25) is 4.90 Å². The van der Waals surface area contributed by atoms with E-state index in [0.717, 1.165) is 31.7 Å². The van der Waals surface area contributed by atoms with E-state index < -0.39 is 0 Å². The summed E-state index contributed by atoms with van der Waals surface area (Å²) in [6.45, 7) is 8.81. The Morgan fingerprint density at radius 2 is 2.11 bits per heavy atom. The largest absolute Gasteiger partial charge is 0.503 e. The fraction of sp³-hybridized carbons (Fsp3) is 0.571. The minimum atomic E-state index is 0.179. The SMILES string of the molecule is CCOc1cc([C@H](C)N2CCNCC2)cc(Br)c1O. The maximum Gasteiger partial charge on any atom is 0.172 e. The molecule has 1 aliphatic rings. The number of rotatable bonds is 4. The zero-order chi connectivity index (χ0) is 13.8. The Kier molecular flexibility index (Phi) is 5.07. The summed E-state index contributed by atoms with van der Waals surface area (Å²) >= 11 is 3.40. The summed E-state index contributed by atoms with van der Waals surface area (Å²) < 4.78 is 6.17. The molecule has 1 aliphatic heterocycles. The zero-order valence-corrected chi connectivity index (χ0v) is 13.0. The van der Waals surface area contributed by atoms with Crippen LogP contribution in [0.15, 0.2) is 16.6 Å². The topological polar surface area (TPSA) is 44.7 Å². The van der Waals surface area contributed by atoms with E-state index in [1.165, 1.54) is 0 Å². The number of nitrogens with zero attached hydrogens (tertiary/aromatic N) is 1. The van der Waals surface area contributed by atoms with Gasteiger partial charge in [0.05, 0.1) is 11.1 Å². The molecule has 5 heteroatoms. The number of phenolic OH excluding ortho intramolecular Hbond substituents is 1. The normalized spacial score (nSPS) is 18.3. The number of piperazine rings is 1. The predicted octanol–water partition coefficient (Wildman–Crippen LogP) is 2.52. The third-order valence-electron chi connectivity index (χ3n) is 3.53. The fourth-order valence-corrected chi connectivity index (χ4v) is 2.84. The van der Waals surface area contributed by atoms with Crippen molar-refractivity contribution in [1.82, 2.24) is 10.2 Å². The van der Waals surface area contributed by atoms with Crippen LogP contribution in [0.4, 0.5) is 0 Å². The van der Waals surface area contributed by atoms with Crippen LogP contribution in [0.3, 0.4) is 0 Å². The first-order valence-corrected chi connectivity index (χ1v) is 7.52. The summed E-state index contributed by atoms with van der Waals surface area (Å²) in [7, 11) is 0. The molecular weight excluding hydrogens is 308 g/mol. The molecule has 0 amide bonds. The second-order valence-corrected chi connectivity index (χ2v) is 5.60. The van der Waals surface area contributed by atoms with Crippen molar-refractivity contribution in [2.24, 2.45) is 0 Å². The monoisotopic (exact) mass is 328 g/mol. The van der Waals surface area contributed by atoms with Gasteiger partial charge in [0.15, 0.2) is 11.5 Å². The van der Waals surface area contributed by atoms with Crippen LogP contribution in [0.25, 0.3) is 0 Å². The highest BCUT2D eigenvalue weighted by Crippen LogP contribution is 2.38. The van der Waals surface area contributed by atoms with Gasteiger partial charge in [0.2, 0.25) is 0 Å². The van der Waals surface area contributed by atoms with Crippen molar-refractivity contribution >= 4 is 15.9 Å². The number of phenols is 1. The van der Waals surface area contributed by atoms with Crippen molar-refractivity contribution in [2.75, 3.05) is 32.8 Å². The van der Waals surface area contributed by atoms with E-state index in [-0.39, 0.29) is 5.75 Å². The molecule has 4 nitrogen and oxygen atoms in total. The maximum atomic E-state index is 9.95. The maximum absolute atomic E-state index is 9.95. The quantitative estimate of drug-likeness (QED) is 0.891. The molecule has 0 aliphatic carbocycles. The number of hydrogen-bond donors (Lipinski definition) is 2. The lowest BCUT2D eigenvalue weighted by atomic mass is 10.1. The van der Waals surface area contributed by atoms with Crippen LogP contribution in [0.2, 0.25) is 0 Å². The van der Waals surface area contributed by atoms with Crippen molar-refractivity contribution in [3.8, 4) is 11.5 Å². The molecule has 1 saturated heterocycles. The third-order valence-corrected chi connectivity index (χ3v) is 4.14. The van der Waals surface area contributed by atoms with Crippen molar-refractivity contribution in [3.63, 3.8) is 0 Å². The minimum absolute atomic E-state index is 0.179. The van der Waals surface area contributed by atoms with E-state index >= 15 is 0 Å². The Morgan fingerprint density at radius 1 is 1.42 bits per heavy atom.